The first-order valence-electron chi connectivity index (χ1n) is 5.98. The average molecular weight is 198 g/mol. The summed E-state index contributed by atoms with van der Waals surface area (Å²) in [5, 5.41) is 10.3. The minimum Gasteiger partial charge on any atom is -0.390 e. The molecule has 14 heavy (non-hydrogen) atoms. The maximum Gasteiger partial charge on any atom is 0.0670 e. The molecule has 0 aliphatic heterocycles. The molecule has 1 rings (SSSR count). The van der Waals surface area contributed by atoms with Gasteiger partial charge in [-0.3, -0.25) is 0 Å². The van der Waals surface area contributed by atoms with Crippen molar-refractivity contribution in [2.75, 3.05) is 0 Å². The van der Waals surface area contributed by atoms with Gasteiger partial charge in [-0.2, -0.15) is 0 Å². The SMILES string of the molecule is CC(C)C1(O)CCC(C(C)(C)C)CC1. The summed E-state index contributed by atoms with van der Waals surface area (Å²) < 4.78 is 0. The molecule has 0 saturated heterocycles. The lowest BCUT2D eigenvalue weighted by Crippen LogP contribution is -2.41. The van der Waals surface area contributed by atoms with Crippen LogP contribution >= 0.6 is 0 Å². The third-order valence-electron chi connectivity index (χ3n) is 4.15. The predicted molar refractivity (Wildman–Crippen MR) is 61.2 cm³/mol. The second-order valence-electron chi connectivity index (χ2n) is 6.40. The molecule has 1 saturated carbocycles. The van der Waals surface area contributed by atoms with Crippen molar-refractivity contribution in [1.29, 1.82) is 0 Å². The smallest absolute Gasteiger partial charge is 0.0670 e. The molecule has 1 N–H and O–H groups in total. The van der Waals surface area contributed by atoms with E-state index in [1.165, 1.54) is 12.8 Å². The normalized spacial score (nSPS) is 34.9. The lowest BCUT2D eigenvalue weighted by Gasteiger charge is -2.43. The van der Waals surface area contributed by atoms with Crippen LogP contribution in [-0.2, 0) is 0 Å². The third kappa shape index (κ3) is 2.50. The van der Waals surface area contributed by atoms with E-state index in [2.05, 4.69) is 34.6 Å². The Morgan fingerprint density at radius 2 is 1.57 bits per heavy atom. The Morgan fingerprint density at radius 1 is 1.14 bits per heavy atom. The van der Waals surface area contributed by atoms with Crippen molar-refractivity contribution in [1.82, 2.24) is 0 Å². The minimum absolute atomic E-state index is 0.373. The molecule has 84 valence electrons. The van der Waals surface area contributed by atoms with Crippen LogP contribution < -0.4 is 0 Å². The second-order valence-corrected chi connectivity index (χ2v) is 6.40. The van der Waals surface area contributed by atoms with Crippen LogP contribution in [0, 0.1) is 17.3 Å². The molecule has 1 nitrogen and oxygen atoms in total. The fourth-order valence-electron chi connectivity index (χ4n) is 2.56. The van der Waals surface area contributed by atoms with Gasteiger partial charge in [0.1, 0.15) is 0 Å². The summed E-state index contributed by atoms with van der Waals surface area (Å²) in [5.41, 5.74) is 0.0417. The maximum absolute atomic E-state index is 10.3. The van der Waals surface area contributed by atoms with Gasteiger partial charge in [-0.05, 0) is 42.9 Å². The van der Waals surface area contributed by atoms with Crippen molar-refractivity contribution in [3.8, 4) is 0 Å². The van der Waals surface area contributed by atoms with Gasteiger partial charge >= 0.3 is 0 Å². The van der Waals surface area contributed by atoms with Crippen LogP contribution in [0.15, 0.2) is 0 Å². The van der Waals surface area contributed by atoms with E-state index in [-0.39, 0.29) is 5.60 Å². The van der Waals surface area contributed by atoms with E-state index in [0.29, 0.717) is 11.3 Å². The summed E-state index contributed by atoms with van der Waals surface area (Å²) in [4.78, 5) is 0. The van der Waals surface area contributed by atoms with Crippen molar-refractivity contribution in [3.63, 3.8) is 0 Å². The van der Waals surface area contributed by atoms with E-state index in [1.54, 1.807) is 0 Å². The Morgan fingerprint density at radius 3 is 1.86 bits per heavy atom. The van der Waals surface area contributed by atoms with Crippen LogP contribution in [0.3, 0.4) is 0 Å². The summed E-state index contributed by atoms with van der Waals surface area (Å²) in [5.74, 6) is 1.20. The predicted octanol–water partition coefficient (Wildman–Crippen LogP) is 3.61. The molecular weight excluding hydrogens is 172 g/mol. The van der Waals surface area contributed by atoms with Crippen molar-refractivity contribution in [3.05, 3.63) is 0 Å². The summed E-state index contributed by atoms with van der Waals surface area (Å²) >= 11 is 0. The number of rotatable bonds is 1. The zero-order valence-corrected chi connectivity index (χ0v) is 10.4. The van der Waals surface area contributed by atoms with Gasteiger partial charge < -0.3 is 5.11 Å². The number of hydrogen-bond acceptors (Lipinski definition) is 1. The molecular formula is C13H26O. The van der Waals surface area contributed by atoms with Gasteiger partial charge in [0.05, 0.1) is 5.60 Å². The average Bonchev–Trinajstić information content (AvgIpc) is 2.03. The highest BCUT2D eigenvalue weighted by Crippen LogP contribution is 2.43. The van der Waals surface area contributed by atoms with Crippen LogP contribution in [0.2, 0.25) is 0 Å². The van der Waals surface area contributed by atoms with E-state index >= 15 is 0 Å². The van der Waals surface area contributed by atoms with E-state index in [9.17, 15) is 5.11 Å². The Balaban J connectivity index is 2.54. The van der Waals surface area contributed by atoms with Crippen LogP contribution in [0.5, 0.6) is 0 Å². The van der Waals surface area contributed by atoms with Crippen molar-refractivity contribution >= 4 is 0 Å². The fraction of sp³-hybridized carbons (Fsp3) is 1.00. The van der Waals surface area contributed by atoms with Crippen LogP contribution in [-0.4, -0.2) is 10.7 Å². The molecule has 1 aliphatic rings. The quantitative estimate of drug-likeness (QED) is 0.682. The molecule has 1 heteroatoms. The van der Waals surface area contributed by atoms with Gasteiger partial charge in [0.2, 0.25) is 0 Å². The van der Waals surface area contributed by atoms with Crippen LogP contribution in [0.1, 0.15) is 60.3 Å². The van der Waals surface area contributed by atoms with Gasteiger partial charge in [-0.15, -0.1) is 0 Å². The molecule has 0 unspecified atom stereocenters. The Kier molecular flexibility index (Phi) is 3.30. The van der Waals surface area contributed by atoms with E-state index in [1.807, 2.05) is 0 Å². The summed E-state index contributed by atoms with van der Waals surface area (Å²) in [6.45, 7) is 11.2. The lowest BCUT2D eigenvalue weighted by molar-refractivity contribution is -0.0594. The maximum atomic E-state index is 10.3. The highest BCUT2D eigenvalue weighted by molar-refractivity contribution is 4.90. The molecule has 0 bridgehead atoms. The standard InChI is InChI=1S/C13H26O/c1-10(2)13(14)8-6-11(7-9-13)12(3,4)5/h10-11,14H,6-9H2,1-5H3. The van der Waals surface area contributed by atoms with Crippen molar-refractivity contribution < 1.29 is 5.11 Å². The zero-order valence-electron chi connectivity index (χ0n) is 10.4. The van der Waals surface area contributed by atoms with Crippen LogP contribution in [0.4, 0.5) is 0 Å². The molecule has 0 aromatic heterocycles. The monoisotopic (exact) mass is 198 g/mol. The highest BCUT2D eigenvalue weighted by atomic mass is 16.3. The molecule has 0 radical (unpaired) electrons. The zero-order chi connectivity index (χ0) is 11.0. The molecule has 0 spiro atoms. The first-order chi connectivity index (χ1) is 6.26. The molecule has 0 amide bonds. The molecule has 0 atom stereocenters. The van der Waals surface area contributed by atoms with Crippen molar-refractivity contribution in [2.24, 2.45) is 17.3 Å². The van der Waals surface area contributed by atoms with Gasteiger partial charge in [0, 0.05) is 0 Å². The first-order valence-corrected chi connectivity index (χ1v) is 5.98. The summed E-state index contributed by atoms with van der Waals surface area (Å²) in [6, 6.07) is 0. The van der Waals surface area contributed by atoms with Gasteiger partial charge in [-0.1, -0.05) is 34.6 Å². The number of aliphatic hydroxyl groups is 1. The molecule has 0 aromatic carbocycles. The van der Waals surface area contributed by atoms with Crippen molar-refractivity contribution in [2.45, 2.75) is 65.9 Å². The fourth-order valence-corrected chi connectivity index (χ4v) is 2.56. The second kappa shape index (κ2) is 3.84. The third-order valence-corrected chi connectivity index (χ3v) is 4.15. The minimum atomic E-state index is -0.373. The topological polar surface area (TPSA) is 20.2 Å². The molecule has 1 aliphatic carbocycles. The Hall–Kier alpha value is -0.0400. The largest absolute Gasteiger partial charge is 0.390 e. The summed E-state index contributed by atoms with van der Waals surface area (Å²) in [7, 11) is 0. The molecule has 1 fully saturated rings. The van der Waals surface area contributed by atoms with Gasteiger partial charge in [-0.25, -0.2) is 0 Å². The lowest BCUT2D eigenvalue weighted by atomic mass is 9.66. The Labute approximate surface area is 88.9 Å². The van der Waals surface area contributed by atoms with Gasteiger partial charge in [0.15, 0.2) is 0 Å². The first kappa shape index (κ1) is 12.0. The van der Waals surface area contributed by atoms with E-state index < -0.39 is 0 Å². The highest BCUT2D eigenvalue weighted by Gasteiger charge is 2.38. The van der Waals surface area contributed by atoms with E-state index in [4.69, 9.17) is 0 Å². The molecule has 0 aromatic rings. The van der Waals surface area contributed by atoms with E-state index in [0.717, 1.165) is 18.8 Å². The van der Waals surface area contributed by atoms with Crippen LogP contribution in [0.25, 0.3) is 0 Å². The Bertz CT molecular complexity index is 180. The molecule has 0 heterocycles. The summed E-state index contributed by atoms with van der Waals surface area (Å²) in [6.07, 6.45) is 4.37. The van der Waals surface area contributed by atoms with Gasteiger partial charge in [0.25, 0.3) is 0 Å². The number of hydrogen-bond donors (Lipinski definition) is 1.